The lowest BCUT2D eigenvalue weighted by Gasteiger charge is -2.05. The molecule has 0 bridgehead atoms. The monoisotopic (exact) mass is 397 g/mol. The third kappa shape index (κ3) is 4.62. The van der Waals surface area contributed by atoms with E-state index in [4.69, 9.17) is 0 Å². The molecule has 0 fully saturated rings. The number of rotatable bonds is 5. The zero-order chi connectivity index (χ0) is 20.9. The molecule has 4 aromatic carbocycles. The maximum atomic E-state index is 4.19. The van der Waals surface area contributed by atoms with Gasteiger partial charge in [-0.3, -0.25) is 4.98 Å². The van der Waals surface area contributed by atoms with Gasteiger partial charge in [0.15, 0.2) is 0 Å². The average Bonchev–Trinajstić information content (AvgIpc) is 2.84. The number of hydrogen-bond donors (Lipinski definition) is 0. The largest absolute Gasteiger partial charge is 0.264 e. The lowest BCUT2D eigenvalue weighted by molar-refractivity contribution is 1.14. The summed E-state index contributed by atoms with van der Waals surface area (Å²) in [7, 11) is 0. The molecule has 0 amide bonds. The van der Waals surface area contributed by atoms with Crippen molar-refractivity contribution in [2.24, 2.45) is 0 Å². The van der Waals surface area contributed by atoms with E-state index in [-0.39, 0.29) is 0 Å². The molecule has 31 heavy (non-hydrogen) atoms. The lowest BCUT2D eigenvalue weighted by Crippen LogP contribution is -1.88. The van der Waals surface area contributed by atoms with Crippen LogP contribution in [0.2, 0.25) is 0 Å². The highest BCUT2D eigenvalue weighted by atomic mass is 14.6. The van der Waals surface area contributed by atoms with Gasteiger partial charge in [-0.25, -0.2) is 0 Å². The van der Waals surface area contributed by atoms with Gasteiger partial charge in [-0.05, 0) is 68.8 Å². The molecular weight excluding hydrogens is 374 g/mol. The zero-order valence-corrected chi connectivity index (χ0v) is 17.3. The molecule has 1 aromatic heterocycles. The van der Waals surface area contributed by atoms with E-state index < -0.39 is 0 Å². The van der Waals surface area contributed by atoms with Crippen LogP contribution in [0.5, 0.6) is 0 Å². The molecule has 0 N–H and O–H groups in total. The topological polar surface area (TPSA) is 12.9 Å². The molecule has 5 rings (SSSR count). The Bertz CT molecular complexity index is 1320. The van der Waals surface area contributed by atoms with Crippen LogP contribution in [0, 0.1) is 0 Å². The minimum Gasteiger partial charge on any atom is -0.264 e. The van der Waals surface area contributed by atoms with Crippen molar-refractivity contribution in [3.63, 3.8) is 0 Å². The molecule has 5 aromatic rings. The Balaban J connectivity index is 1.31. The first kappa shape index (κ1) is 19.0. The van der Waals surface area contributed by atoms with E-state index in [9.17, 15) is 0 Å². The fourth-order valence-corrected chi connectivity index (χ4v) is 3.86. The predicted octanol–water partition coefficient (Wildman–Crippen LogP) is 7.66. The fourth-order valence-electron chi connectivity index (χ4n) is 3.86. The number of pyridine rings is 1. The molecule has 0 saturated carbocycles. The molecule has 148 valence electrons. The molecular formula is C30H23N. The van der Waals surface area contributed by atoms with E-state index in [0.717, 1.165) is 6.42 Å². The summed E-state index contributed by atoms with van der Waals surface area (Å²) in [4.78, 5) is 4.19. The van der Waals surface area contributed by atoms with Crippen LogP contribution in [-0.4, -0.2) is 4.98 Å². The zero-order valence-electron chi connectivity index (χ0n) is 17.3. The summed E-state index contributed by atoms with van der Waals surface area (Å²) in [5, 5.41) is 2.52. The normalized spacial score (nSPS) is 11.2. The van der Waals surface area contributed by atoms with E-state index in [2.05, 4.69) is 114 Å². The lowest BCUT2D eigenvalue weighted by atomic mass is 9.99. The third-order valence-electron chi connectivity index (χ3n) is 5.55. The van der Waals surface area contributed by atoms with Gasteiger partial charge in [-0.15, -0.1) is 0 Å². The van der Waals surface area contributed by atoms with Gasteiger partial charge in [0.1, 0.15) is 0 Å². The van der Waals surface area contributed by atoms with Gasteiger partial charge in [-0.2, -0.15) is 0 Å². The van der Waals surface area contributed by atoms with Crippen molar-refractivity contribution in [1.29, 1.82) is 0 Å². The van der Waals surface area contributed by atoms with Gasteiger partial charge in [0, 0.05) is 12.4 Å². The van der Waals surface area contributed by atoms with Gasteiger partial charge in [-0.1, -0.05) is 97.1 Å². The molecule has 0 radical (unpaired) electrons. The van der Waals surface area contributed by atoms with Gasteiger partial charge < -0.3 is 0 Å². The highest BCUT2D eigenvalue weighted by Crippen LogP contribution is 2.25. The van der Waals surface area contributed by atoms with Crippen molar-refractivity contribution >= 4 is 22.9 Å². The molecule has 0 spiro atoms. The Morgan fingerprint density at radius 1 is 0.548 bits per heavy atom. The quantitative estimate of drug-likeness (QED) is 0.277. The second-order valence-corrected chi connectivity index (χ2v) is 7.80. The second-order valence-electron chi connectivity index (χ2n) is 7.80. The van der Waals surface area contributed by atoms with E-state index in [1.54, 1.807) is 0 Å². The Morgan fingerprint density at radius 3 is 2.10 bits per heavy atom. The molecule has 0 atom stereocenters. The Kier molecular flexibility index (Phi) is 5.40. The minimum atomic E-state index is 0.910. The van der Waals surface area contributed by atoms with E-state index in [0.29, 0.717) is 0 Å². The highest BCUT2D eigenvalue weighted by Gasteiger charge is 2.00. The molecule has 1 heterocycles. The Labute approximate surface area is 183 Å². The summed E-state index contributed by atoms with van der Waals surface area (Å²) in [6.07, 6.45) is 9.00. The number of hydrogen-bond acceptors (Lipinski definition) is 1. The van der Waals surface area contributed by atoms with Crippen molar-refractivity contribution < 1.29 is 0 Å². The van der Waals surface area contributed by atoms with E-state index >= 15 is 0 Å². The summed E-state index contributed by atoms with van der Waals surface area (Å²) in [6, 6.07) is 36.7. The number of benzene rings is 4. The highest BCUT2D eigenvalue weighted by molar-refractivity contribution is 5.89. The van der Waals surface area contributed by atoms with Crippen LogP contribution in [0.3, 0.4) is 0 Å². The summed E-state index contributed by atoms with van der Waals surface area (Å²) >= 11 is 0. The first-order valence-electron chi connectivity index (χ1n) is 10.6. The summed E-state index contributed by atoms with van der Waals surface area (Å²) in [5.41, 5.74) is 7.44. The van der Waals surface area contributed by atoms with Crippen LogP contribution < -0.4 is 0 Å². The van der Waals surface area contributed by atoms with E-state index in [1.165, 1.54) is 44.2 Å². The molecule has 0 aliphatic heterocycles. The van der Waals surface area contributed by atoms with Crippen LogP contribution in [0.25, 0.3) is 34.1 Å². The predicted molar refractivity (Wildman–Crippen MR) is 132 cm³/mol. The standard InChI is InChI=1S/C30H23N/c1-2-6-27(7-3-1)29-17-16-28-20-25(14-15-30(28)21-29)13-10-23-8-11-24(12-9-23)19-26-5-4-18-31-22-26/h1-18,20-22H,19H2/b13-10+. The maximum absolute atomic E-state index is 4.19. The van der Waals surface area contributed by atoms with Crippen molar-refractivity contribution in [1.82, 2.24) is 4.98 Å². The van der Waals surface area contributed by atoms with Gasteiger partial charge in [0.05, 0.1) is 0 Å². The number of fused-ring (bicyclic) bond motifs is 1. The smallest absolute Gasteiger partial charge is 0.0303 e. The van der Waals surface area contributed by atoms with Crippen LogP contribution in [0.1, 0.15) is 22.3 Å². The molecule has 0 aliphatic carbocycles. The third-order valence-corrected chi connectivity index (χ3v) is 5.55. The maximum Gasteiger partial charge on any atom is 0.0303 e. The van der Waals surface area contributed by atoms with Crippen molar-refractivity contribution in [2.45, 2.75) is 6.42 Å². The van der Waals surface area contributed by atoms with Crippen molar-refractivity contribution in [3.05, 3.63) is 138 Å². The van der Waals surface area contributed by atoms with Crippen LogP contribution in [-0.2, 0) is 6.42 Å². The SMILES string of the molecule is C(=C\c1ccc2cc(-c3ccccc3)ccc2c1)/c1ccc(Cc2cccnc2)cc1. The van der Waals surface area contributed by atoms with E-state index in [1.807, 2.05) is 18.5 Å². The van der Waals surface area contributed by atoms with Crippen molar-refractivity contribution in [2.75, 3.05) is 0 Å². The summed E-state index contributed by atoms with van der Waals surface area (Å²) in [6.45, 7) is 0. The van der Waals surface area contributed by atoms with Gasteiger partial charge in [0.2, 0.25) is 0 Å². The number of nitrogens with zero attached hydrogens (tertiary/aromatic N) is 1. The molecule has 1 heteroatoms. The summed E-state index contributed by atoms with van der Waals surface area (Å²) < 4.78 is 0. The molecule has 0 aliphatic rings. The van der Waals surface area contributed by atoms with Crippen LogP contribution in [0.4, 0.5) is 0 Å². The fraction of sp³-hybridized carbons (Fsp3) is 0.0333. The van der Waals surface area contributed by atoms with Gasteiger partial charge >= 0.3 is 0 Å². The molecule has 0 saturated heterocycles. The molecule has 0 unspecified atom stereocenters. The Hall–Kier alpha value is -3.97. The molecule has 1 nitrogen and oxygen atoms in total. The first-order chi connectivity index (χ1) is 15.3. The number of aromatic nitrogens is 1. The van der Waals surface area contributed by atoms with Crippen molar-refractivity contribution in [3.8, 4) is 11.1 Å². The minimum absolute atomic E-state index is 0.910. The second kappa shape index (κ2) is 8.81. The Morgan fingerprint density at radius 2 is 1.29 bits per heavy atom. The average molecular weight is 398 g/mol. The summed E-state index contributed by atoms with van der Waals surface area (Å²) in [5.74, 6) is 0. The van der Waals surface area contributed by atoms with Crippen LogP contribution >= 0.6 is 0 Å². The van der Waals surface area contributed by atoms with Crippen LogP contribution in [0.15, 0.2) is 116 Å². The first-order valence-corrected chi connectivity index (χ1v) is 10.6. The van der Waals surface area contributed by atoms with Gasteiger partial charge in [0.25, 0.3) is 0 Å².